The predicted octanol–water partition coefficient (Wildman–Crippen LogP) is 2.97. The zero-order valence-corrected chi connectivity index (χ0v) is 10.7. The number of nitrogens with one attached hydrogen (secondary N) is 1. The fourth-order valence-corrected chi connectivity index (χ4v) is 2.00. The first-order valence-electron chi connectivity index (χ1n) is 5.53. The van der Waals surface area contributed by atoms with Crippen molar-refractivity contribution in [2.24, 2.45) is 0 Å². The fraction of sp³-hybridized carbons (Fsp3) is 0.385. The van der Waals surface area contributed by atoms with Gasteiger partial charge in [0, 0.05) is 12.1 Å². The summed E-state index contributed by atoms with van der Waals surface area (Å²) in [7, 11) is 0. The highest BCUT2D eigenvalue weighted by Gasteiger charge is 2.01. The van der Waals surface area contributed by atoms with E-state index in [-0.39, 0.29) is 5.91 Å². The van der Waals surface area contributed by atoms with Gasteiger partial charge in [0.25, 0.3) is 0 Å². The molecule has 3 nitrogen and oxygen atoms in total. The minimum absolute atomic E-state index is 0.0100. The summed E-state index contributed by atoms with van der Waals surface area (Å²) < 4.78 is 0. The largest absolute Gasteiger partial charge is 0.325 e. The molecule has 0 aliphatic carbocycles. The number of nitrogens with zero attached hydrogens (tertiary/aromatic N) is 1. The van der Waals surface area contributed by atoms with Crippen LogP contribution in [0.1, 0.15) is 18.4 Å². The van der Waals surface area contributed by atoms with E-state index in [0.717, 1.165) is 17.9 Å². The Labute approximate surface area is 106 Å². The molecule has 4 heteroatoms. The minimum Gasteiger partial charge on any atom is -0.325 e. The smallest absolute Gasteiger partial charge is 0.234 e. The summed E-state index contributed by atoms with van der Waals surface area (Å²) in [4.78, 5) is 11.5. The minimum atomic E-state index is 0.0100. The van der Waals surface area contributed by atoms with Crippen molar-refractivity contribution in [2.45, 2.75) is 19.8 Å². The van der Waals surface area contributed by atoms with Gasteiger partial charge in [-0.15, -0.1) is 0 Å². The number of hydrogen-bond acceptors (Lipinski definition) is 3. The van der Waals surface area contributed by atoms with Crippen LogP contribution < -0.4 is 5.32 Å². The predicted molar refractivity (Wildman–Crippen MR) is 72.0 cm³/mol. The number of benzene rings is 1. The maximum Gasteiger partial charge on any atom is 0.234 e. The average Bonchev–Trinajstić information content (AvgIpc) is 2.32. The highest BCUT2D eigenvalue weighted by molar-refractivity contribution is 7.99. The van der Waals surface area contributed by atoms with Crippen LogP contribution in [0.2, 0.25) is 0 Å². The zero-order chi connectivity index (χ0) is 12.5. The van der Waals surface area contributed by atoms with Crippen molar-refractivity contribution in [3.05, 3.63) is 29.8 Å². The second kappa shape index (κ2) is 7.75. The lowest BCUT2D eigenvalue weighted by atomic mass is 10.2. The van der Waals surface area contributed by atoms with Crippen LogP contribution in [0.25, 0.3) is 0 Å². The maximum atomic E-state index is 11.5. The lowest BCUT2D eigenvalue weighted by Crippen LogP contribution is -2.14. The van der Waals surface area contributed by atoms with E-state index in [1.807, 2.05) is 31.2 Å². The quantitative estimate of drug-likeness (QED) is 0.787. The summed E-state index contributed by atoms with van der Waals surface area (Å²) in [5.74, 6) is 1.31. The van der Waals surface area contributed by atoms with Crippen LogP contribution in [0.4, 0.5) is 5.69 Å². The molecule has 0 unspecified atom stereocenters. The molecule has 1 amide bonds. The number of hydrogen-bond donors (Lipinski definition) is 1. The maximum absolute atomic E-state index is 11.5. The molecule has 0 saturated heterocycles. The van der Waals surface area contributed by atoms with Crippen LogP contribution in [0.3, 0.4) is 0 Å². The normalized spacial score (nSPS) is 9.65. The van der Waals surface area contributed by atoms with E-state index >= 15 is 0 Å². The lowest BCUT2D eigenvalue weighted by molar-refractivity contribution is -0.113. The Bertz CT molecular complexity index is 395. The van der Waals surface area contributed by atoms with Gasteiger partial charge in [0.15, 0.2) is 0 Å². The molecule has 1 aromatic carbocycles. The topological polar surface area (TPSA) is 52.9 Å². The second-order valence-electron chi connectivity index (χ2n) is 3.73. The van der Waals surface area contributed by atoms with Crippen molar-refractivity contribution in [2.75, 3.05) is 16.8 Å². The molecule has 1 N–H and O–H groups in total. The molecule has 1 rings (SSSR count). The number of aryl methyl sites for hydroxylation is 1. The monoisotopic (exact) mass is 248 g/mol. The van der Waals surface area contributed by atoms with Crippen molar-refractivity contribution in [3.8, 4) is 6.07 Å². The molecule has 1 aromatic rings. The third-order valence-electron chi connectivity index (χ3n) is 2.15. The van der Waals surface area contributed by atoms with E-state index in [4.69, 9.17) is 5.26 Å². The van der Waals surface area contributed by atoms with E-state index in [9.17, 15) is 4.79 Å². The van der Waals surface area contributed by atoms with Gasteiger partial charge in [-0.2, -0.15) is 17.0 Å². The molecule has 0 fully saturated rings. The number of nitriles is 1. The number of rotatable bonds is 6. The van der Waals surface area contributed by atoms with E-state index in [2.05, 4.69) is 11.4 Å². The molecule has 0 atom stereocenters. The summed E-state index contributed by atoms with van der Waals surface area (Å²) in [5, 5.41) is 11.2. The third kappa shape index (κ3) is 5.98. The Morgan fingerprint density at radius 1 is 1.41 bits per heavy atom. The standard InChI is InChI=1S/C13H16N2OS/c1-11-4-6-12(7-5-11)15-13(16)10-17-9-3-2-8-14/h4-7H,2-3,9-10H2,1H3,(H,15,16). The number of unbranched alkanes of at least 4 members (excludes halogenated alkanes) is 1. The van der Waals surface area contributed by atoms with Crippen LogP contribution in [0.5, 0.6) is 0 Å². The van der Waals surface area contributed by atoms with Gasteiger partial charge < -0.3 is 5.32 Å². The van der Waals surface area contributed by atoms with Crippen LogP contribution in [-0.2, 0) is 4.79 Å². The molecule has 0 aliphatic rings. The number of carbonyl (C=O) groups is 1. The van der Waals surface area contributed by atoms with Gasteiger partial charge in [-0.3, -0.25) is 4.79 Å². The van der Waals surface area contributed by atoms with Gasteiger partial charge in [0.1, 0.15) is 0 Å². The van der Waals surface area contributed by atoms with Gasteiger partial charge in [-0.25, -0.2) is 0 Å². The van der Waals surface area contributed by atoms with E-state index in [1.165, 1.54) is 5.56 Å². The molecule has 17 heavy (non-hydrogen) atoms. The first-order chi connectivity index (χ1) is 8.22. The SMILES string of the molecule is Cc1ccc(NC(=O)CSCCCC#N)cc1. The van der Waals surface area contributed by atoms with Crippen LogP contribution in [0.15, 0.2) is 24.3 Å². The van der Waals surface area contributed by atoms with Gasteiger partial charge in [-0.1, -0.05) is 17.7 Å². The van der Waals surface area contributed by atoms with Crippen molar-refractivity contribution in [3.63, 3.8) is 0 Å². The average molecular weight is 248 g/mol. The number of anilines is 1. The molecule has 0 aromatic heterocycles. The molecule has 90 valence electrons. The van der Waals surface area contributed by atoms with Gasteiger partial charge in [-0.05, 0) is 31.2 Å². The van der Waals surface area contributed by atoms with E-state index in [1.54, 1.807) is 11.8 Å². The Hall–Kier alpha value is -1.47. The summed E-state index contributed by atoms with van der Waals surface area (Å²) in [6.07, 6.45) is 1.41. The van der Waals surface area contributed by atoms with Crippen LogP contribution in [-0.4, -0.2) is 17.4 Å². The molecular formula is C13H16N2OS. The number of thioether (sulfide) groups is 1. The summed E-state index contributed by atoms with van der Waals surface area (Å²) in [6.45, 7) is 2.01. The number of carbonyl (C=O) groups excluding carboxylic acids is 1. The highest BCUT2D eigenvalue weighted by Crippen LogP contribution is 2.10. The van der Waals surface area contributed by atoms with Crippen molar-refractivity contribution in [1.82, 2.24) is 0 Å². The van der Waals surface area contributed by atoms with Crippen molar-refractivity contribution in [1.29, 1.82) is 5.26 Å². The molecule has 0 heterocycles. The molecule has 0 spiro atoms. The van der Waals surface area contributed by atoms with Gasteiger partial charge in [0.2, 0.25) is 5.91 Å². The third-order valence-corrected chi connectivity index (χ3v) is 3.19. The first-order valence-corrected chi connectivity index (χ1v) is 6.69. The Balaban J connectivity index is 2.21. The second-order valence-corrected chi connectivity index (χ2v) is 4.83. The molecule has 0 bridgehead atoms. The summed E-state index contributed by atoms with van der Waals surface area (Å²) in [5.41, 5.74) is 2.01. The fourth-order valence-electron chi connectivity index (χ4n) is 1.25. The first kappa shape index (κ1) is 13.6. The Kier molecular flexibility index (Phi) is 6.19. The van der Waals surface area contributed by atoms with Crippen molar-refractivity contribution >= 4 is 23.4 Å². The molecular weight excluding hydrogens is 232 g/mol. The van der Waals surface area contributed by atoms with Gasteiger partial charge >= 0.3 is 0 Å². The van der Waals surface area contributed by atoms with Crippen molar-refractivity contribution < 1.29 is 4.79 Å². The number of amides is 1. The van der Waals surface area contributed by atoms with Gasteiger partial charge in [0.05, 0.1) is 11.8 Å². The van der Waals surface area contributed by atoms with Crippen LogP contribution >= 0.6 is 11.8 Å². The summed E-state index contributed by atoms with van der Waals surface area (Å²) in [6, 6.07) is 9.82. The highest BCUT2D eigenvalue weighted by atomic mass is 32.2. The molecule has 0 saturated carbocycles. The van der Waals surface area contributed by atoms with E-state index < -0.39 is 0 Å². The van der Waals surface area contributed by atoms with E-state index in [0.29, 0.717) is 12.2 Å². The molecule has 0 radical (unpaired) electrons. The summed E-state index contributed by atoms with van der Waals surface area (Å²) >= 11 is 1.56. The zero-order valence-electron chi connectivity index (χ0n) is 9.90. The Morgan fingerprint density at radius 3 is 2.76 bits per heavy atom. The van der Waals surface area contributed by atoms with Crippen LogP contribution in [0, 0.1) is 18.3 Å². The Morgan fingerprint density at radius 2 is 2.12 bits per heavy atom. The lowest BCUT2D eigenvalue weighted by Gasteiger charge is -2.05. The molecule has 0 aliphatic heterocycles.